The van der Waals surface area contributed by atoms with Crippen LogP contribution in [0.1, 0.15) is 25.3 Å². The van der Waals surface area contributed by atoms with E-state index in [0.717, 1.165) is 5.56 Å². The number of aryl methyl sites for hydroxylation is 1. The predicted octanol–water partition coefficient (Wildman–Crippen LogP) is 2.34. The van der Waals surface area contributed by atoms with Gasteiger partial charge in [-0.2, -0.15) is 0 Å². The number of amides is 1. The van der Waals surface area contributed by atoms with E-state index in [0.29, 0.717) is 39.0 Å². The maximum absolute atomic E-state index is 13.2. The minimum atomic E-state index is -0.865. The van der Waals surface area contributed by atoms with Gasteiger partial charge in [0.15, 0.2) is 0 Å². The normalized spacial score (nSPS) is 27.0. The van der Waals surface area contributed by atoms with Crippen molar-refractivity contribution in [2.75, 3.05) is 26.3 Å². The van der Waals surface area contributed by atoms with Crippen LogP contribution in [0.3, 0.4) is 0 Å². The molecule has 0 radical (unpaired) electrons. The highest BCUT2D eigenvalue weighted by molar-refractivity contribution is 5.82. The number of carboxylic acid groups (broad SMARTS) is 1. The third-order valence-corrected chi connectivity index (χ3v) is 5.62. The summed E-state index contributed by atoms with van der Waals surface area (Å²) in [5, 5.41) is 9.69. The van der Waals surface area contributed by atoms with Gasteiger partial charge in [-0.1, -0.05) is 19.1 Å². The zero-order valence-corrected chi connectivity index (χ0v) is 14.4. The van der Waals surface area contributed by atoms with E-state index in [1.165, 1.54) is 12.1 Å². The Kier molecular flexibility index (Phi) is 5.08. The van der Waals surface area contributed by atoms with Crippen molar-refractivity contribution in [3.05, 3.63) is 35.6 Å². The lowest BCUT2D eigenvalue weighted by molar-refractivity contribution is -0.157. The lowest BCUT2D eigenvalue weighted by Gasteiger charge is -2.33. The molecular weight excluding hydrogens is 325 g/mol. The molecule has 1 N–H and O–H groups in total. The molecular formula is C19H24FNO4. The van der Waals surface area contributed by atoms with Gasteiger partial charge in [-0.3, -0.25) is 9.59 Å². The maximum Gasteiger partial charge on any atom is 0.311 e. The van der Waals surface area contributed by atoms with Crippen LogP contribution in [0.15, 0.2) is 24.3 Å². The molecule has 3 rings (SSSR count). The Hall–Kier alpha value is -1.95. The van der Waals surface area contributed by atoms with Crippen molar-refractivity contribution < 1.29 is 23.8 Å². The standard InChI is InChI=1S/C19H24FNO4/c1-13(5-6-14-3-2-4-16(20)9-14)17(22)21-10-15-11-25-8-7-19(15,12-21)18(23)24/h2-4,9,13,15H,5-8,10-12H2,1H3,(H,23,24)/t13?,15-,19+/m0/s1. The van der Waals surface area contributed by atoms with Crippen LogP contribution in [-0.2, 0) is 20.7 Å². The summed E-state index contributed by atoms with van der Waals surface area (Å²) in [6, 6.07) is 6.40. The van der Waals surface area contributed by atoms with Crippen molar-refractivity contribution in [1.29, 1.82) is 0 Å². The molecule has 0 bridgehead atoms. The van der Waals surface area contributed by atoms with Crippen LogP contribution in [-0.4, -0.2) is 48.2 Å². The fourth-order valence-electron chi connectivity index (χ4n) is 3.98. The highest BCUT2D eigenvalue weighted by Gasteiger charge is 2.55. The molecule has 0 saturated carbocycles. The Morgan fingerprint density at radius 1 is 1.48 bits per heavy atom. The zero-order valence-electron chi connectivity index (χ0n) is 14.4. The number of carbonyl (C=O) groups is 2. The summed E-state index contributed by atoms with van der Waals surface area (Å²) in [6.07, 6.45) is 1.68. The lowest BCUT2D eigenvalue weighted by atomic mass is 9.74. The molecule has 0 spiro atoms. The molecule has 3 atom stereocenters. The predicted molar refractivity (Wildman–Crippen MR) is 89.5 cm³/mol. The first kappa shape index (κ1) is 17.9. The smallest absolute Gasteiger partial charge is 0.311 e. The van der Waals surface area contributed by atoms with E-state index in [1.54, 1.807) is 11.0 Å². The van der Waals surface area contributed by atoms with Crippen molar-refractivity contribution in [3.63, 3.8) is 0 Å². The summed E-state index contributed by atoms with van der Waals surface area (Å²) in [5.41, 5.74) is 0.000985. The first-order valence-corrected chi connectivity index (χ1v) is 8.77. The largest absolute Gasteiger partial charge is 0.481 e. The van der Waals surface area contributed by atoms with E-state index in [2.05, 4.69) is 0 Å². The van der Waals surface area contributed by atoms with Crippen LogP contribution >= 0.6 is 0 Å². The van der Waals surface area contributed by atoms with Crippen LogP contribution in [0.2, 0.25) is 0 Å². The molecule has 2 fully saturated rings. The number of nitrogens with zero attached hydrogens (tertiary/aromatic N) is 1. The summed E-state index contributed by atoms with van der Waals surface area (Å²) >= 11 is 0. The van der Waals surface area contributed by atoms with Gasteiger partial charge in [0.1, 0.15) is 5.82 Å². The van der Waals surface area contributed by atoms with Gasteiger partial charge in [-0.25, -0.2) is 4.39 Å². The van der Waals surface area contributed by atoms with Crippen molar-refractivity contribution in [1.82, 2.24) is 4.90 Å². The van der Waals surface area contributed by atoms with Crippen LogP contribution in [0.4, 0.5) is 4.39 Å². The number of fused-ring (bicyclic) bond motifs is 1. The second-order valence-corrected chi connectivity index (χ2v) is 7.27. The van der Waals surface area contributed by atoms with E-state index in [4.69, 9.17) is 4.74 Å². The van der Waals surface area contributed by atoms with E-state index in [-0.39, 0.29) is 30.1 Å². The summed E-state index contributed by atoms with van der Waals surface area (Å²) in [5.74, 6) is -1.49. The van der Waals surface area contributed by atoms with Crippen molar-refractivity contribution in [2.24, 2.45) is 17.3 Å². The Bertz CT molecular complexity index is 665. The van der Waals surface area contributed by atoms with Crippen LogP contribution < -0.4 is 0 Å². The van der Waals surface area contributed by atoms with Gasteiger partial charge in [0.05, 0.1) is 12.0 Å². The first-order valence-electron chi connectivity index (χ1n) is 8.77. The molecule has 2 saturated heterocycles. The Balaban J connectivity index is 1.62. The number of hydrogen-bond acceptors (Lipinski definition) is 3. The molecule has 0 aliphatic carbocycles. The second-order valence-electron chi connectivity index (χ2n) is 7.27. The van der Waals surface area contributed by atoms with Crippen LogP contribution in [0.25, 0.3) is 0 Å². The van der Waals surface area contributed by atoms with Crippen molar-refractivity contribution in [3.8, 4) is 0 Å². The molecule has 25 heavy (non-hydrogen) atoms. The molecule has 1 aromatic carbocycles. The minimum Gasteiger partial charge on any atom is -0.481 e. The number of ether oxygens (including phenoxy) is 1. The third kappa shape index (κ3) is 3.54. The lowest BCUT2D eigenvalue weighted by Crippen LogP contribution is -2.45. The molecule has 1 amide bonds. The SMILES string of the molecule is CC(CCc1cccc(F)c1)C(=O)N1C[C@H]2COCC[C@@]2(C(=O)O)C1. The molecule has 136 valence electrons. The number of carboxylic acids is 1. The average molecular weight is 349 g/mol. The number of likely N-dealkylation sites (tertiary alicyclic amines) is 1. The minimum absolute atomic E-state index is 0.0218. The van der Waals surface area contributed by atoms with Gasteiger partial charge in [0, 0.05) is 31.5 Å². The molecule has 1 aromatic rings. The van der Waals surface area contributed by atoms with Crippen LogP contribution in [0.5, 0.6) is 0 Å². The number of benzene rings is 1. The molecule has 6 heteroatoms. The summed E-state index contributed by atoms with van der Waals surface area (Å²) in [7, 11) is 0. The van der Waals surface area contributed by atoms with Gasteiger partial charge < -0.3 is 14.7 Å². The van der Waals surface area contributed by atoms with Crippen molar-refractivity contribution in [2.45, 2.75) is 26.2 Å². The number of rotatable bonds is 5. The van der Waals surface area contributed by atoms with Gasteiger partial charge >= 0.3 is 5.97 Å². The summed E-state index contributed by atoms with van der Waals surface area (Å²) in [4.78, 5) is 26.3. The van der Waals surface area contributed by atoms with E-state index in [9.17, 15) is 19.1 Å². The fourth-order valence-corrected chi connectivity index (χ4v) is 3.98. The second kappa shape index (κ2) is 7.12. The average Bonchev–Trinajstić information content (AvgIpc) is 3.00. The van der Waals surface area contributed by atoms with E-state index < -0.39 is 11.4 Å². The van der Waals surface area contributed by atoms with Crippen molar-refractivity contribution >= 4 is 11.9 Å². The zero-order chi connectivity index (χ0) is 18.0. The van der Waals surface area contributed by atoms with Gasteiger partial charge in [-0.15, -0.1) is 0 Å². The molecule has 2 heterocycles. The van der Waals surface area contributed by atoms with Gasteiger partial charge in [0.2, 0.25) is 5.91 Å². The molecule has 1 unspecified atom stereocenters. The van der Waals surface area contributed by atoms with E-state index >= 15 is 0 Å². The quantitative estimate of drug-likeness (QED) is 0.886. The first-order chi connectivity index (χ1) is 11.9. The third-order valence-electron chi connectivity index (χ3n) is 5.62. The number of aliphatic carboxylic acids is 1. The maximum atomic E-state index is 13.2. The number of hydrogen-bond donors (Lipinski definition) is 1. The summed E-state index contributed by atoms with van der Waals surface area (Å²) < 4.78 is 18.7. The van der Waals surface area contributed by atoms with E-state index in [1.807, 2.05) is 13.0 Å². The van der Waals surface area contributed by atoms with Gasteiger partial charge in [-0.05, 0) is 37.0 Å². The summed E-state index contributed by atoms with van der Waals surface area (Å²) in [6.45, 7) is 3.39. The fraction of sp³-hybridized carbons (Fsp3) is 0.579. The topological polar surface area (TPSA) is 66.8 Å². The molecule has 2 aliphatic rings. The molecule has 5 nitrogen and oxygen atoms in total. The van der Waals surface area contributed by atoms with Crippen LogP contribution in [0, 0.1) is 23.1 Å². The highest BCUT2D eigenvalue weighted by Crippen LogP contribution is 2.42. The Labute approximate surface area is 146 Å². The number of carbonyl (C=O) groups excluding carboxylic acids is 1. The highest BCUT2D eigenvalue weighted by atomic mass is 19.1. The number of halogens is 1. The Morgan fingerprint density at radius 2 is 2.28 bits per heavy atom. The molecule has 0 aromatic heterocycles. The van der Waals surface area contributed by atoms with Gasteiger partial charge in [0.25, 0.3) is 0 Å². The monoisotopic (exact) mass is 349 g/mol. The molecule has 2 aliphatic heterocycles. The Morgan fingerprint density at radius 3 is 2.96 bits per heavy atom.